The molecule has 2 rings (SSSR count). The Hall–Kier alpha value is -2.14. The van der Waals surface area contributed by atoms with E-state index in [9.17, 15) is 10.2 Å². The van der Waals surface area contributed by atoms with Crippen LogP contribution in [0.5, 0.6) is 11.5 Å². The lowest BCUT2D eigenvalue weighted by Gasteiger charge is -2.07. The van der Waals surface area contributed by atoms with Gasteiger partial charge in [0.1, 0.15) is 11.5 Å². The van der Waals surface area contributed by atoms with Gasteiger partial charge in [0.15, 0.2) is 0 Å². The molecule has 0 bridgehead atoms. The molecular formula is C14H12O2. The van der Waals surface area contributed by atoms with Gasteiger partial charge in [0, 0.05) is 10.8 Å². The fraction of sp³-hybridized carbons (Fsp3) is 0.143. The van der Waals surface area contributed by atoms with Crippen molar-refractivity contribution in [2.24, 2.45) is 0 Å². The van der Waals surface area contributed by atoms with Crippen LogP contribution in [0, 0.1) is 18.8 Å². The molecule has 2 nitrogen and oxygen atoms in total. The summed E-state index contributed by atoms with van der Waals surface area (Å²) >= 11 is 0. The number of hydrogen-bond acceptors (Lipinski definition) is 2. The molecule has 0 spiro atoms. The lowest BCUT2D eigenvalue weighted by Crippen LogP contribution is -1.83. The molecule has 0 saturated heterocycles. The summed E-state index contributed by atoms with van der Waals surface area (Å²) in [5.74, 6) is 5.90. The van der Waals surface area contributed by atoms with Crippen molar-refractivity contribution in [2.45, 2.75) is 13.8 Å². The summed E-state index contributed by atoms with van der Waals surface area (Å²) in [4.78, 5) is 0. The van der Waals surface area contributed by atoms with E-state index in [0.717, 1.165) is 5.56 Å². The molecule has 2 heteroatoms. The van der Waals surface area contributed by atoms with Crippen molar-refractivity contribution >= 4 is 10.8 Å². The summed E-state index contributed by atoms with van der Waals surface area (Å²) in [7, 11) is 0. The molecule has 0 aromatic heterocycles. The maximum Gasteiger partial charge on any atom is 0.139 e. The molecule has 0 atom stereocenters. The zero-order chi connectivity index (χ0) is 11.7. The Balaban J connectivity index is 2.85. The number of phenolic OH excluding ortho intramolecular Hbond substituents is 2. The van der Waals surface area contributed by atoms with Crippen molar-refractivity contribution in [3.8, 4) is 23.3 Å². The quantitative estimate of drug-likeness (QED) is 0.659. The molecule has 16 heavy (non-hydrogen) atoms. The molecule has 2 aromatic rings. The van der Waals surface area contributed by atoms with Gasteiger partial charge in [-0.2, -0.15) is 0 Å². The Morgan fingerprint density at radius 3 is 2.25 bits per heavy atom. The first-order chi connectivity index (χ1) is 7.65. The van der Waals surface area contributed by atoms with Crippen molar-refractivity contribution in [1.29, 1.82) is 0 Å². The van der Waals surface area contributed by atoms with Crippen molar-refractivity contribution in [1.82, 2.24) is 0 Å². The minimum absolute atomic E-state index is 0.127. The van der Waals surface area contributed by atoms with Crippen molar-refractivity contribution in [3.05, 3.63) is 35.4 Å². The van der Waals surface area contributed by atoms with E-state index in [2.05, 4.69) is 11.8 Å². The summed E-state index contributed by atoms with van der Waals surface area (Å²) < 4.78 is 0. The van der Waals surface area contributed by atoms with Crippen LogP contribution in [-0.2, 0) is 0 Å². The number of aromatic hydroxyl groups is 2. The van der Waals surface area contributed by atoms with Gasteiger partial charge < -0.3 is 10.2 Å². The molecule has 80 valence electrons. The highest BCUT2D eigenvalue weighted by Crippen LogP contribution is 2.35. The lowest BCUT2D eigenvalue weighted by molar-refractivity contribution is 0.472. The van der Waals surface area contributed by atoms with E-state index in [-0.39, 0.29) is 11.5 Å². The summed E-state index contributed by atoms with van der Waals surface area (Å²) in [5.41, 5.74) is 1.37. The van der Waals surface area contributed by atoms with Crippen molar-refractivity contribution in [2.75, 3.05) is 0 Å². The molecule has 0 saturated carbocycles. The standard InChI is InChI=1S/C14H12O2/c1-3-4-10-6-8-11-12(14(10)16)7-5-9(2)13(11)15/h5-8,15-16H,1-2H3. The summed E-state index contributed by atoms with van der Waals surface area (Å²) in [5, 5.41) is 21.1. The van der Waals surface area contributed by atoms with E-state index in [1.54, 1.807) is 31.2 Å². The van der Waals surface area contributed by atoms with E-state index in [4.69, 9.17) is 0 Å². The van der Waals surface area contributed by atoms with Gasteiger partial charge in [-0.1, -0.05) is 18.1 Å². The fourth-order valence-electron chi connectivity index (χ4n) is 1.72. The van der Waals surface area contributed by atoms with Crippen LogP contribution in [0.25, 0.3) is 10.8 Å². The highest BCUT2D eigenvalue weighted by molar-refractivity contribution is 5.95. The molecule has 0 radical (unpaired) electrons. The first kappa shape index (κ1) is 10.4. The van der Waals surface area contributed by atoms with Crippen LogP contribution in [0.1, 0.15) is 18.1 Å². The minimum atomic E-state index is 0.127. The Morgan fingerprint density at radius 2 is 1.56 bits per heavy atom. The van der Waals surface area contributed by atoms with Gasteiger partial charge in [-0.25, -0.2) is 0 Å². The highest BCUT2D eigenvalue weighted by Gasteiger charge is 2.08. The van der Waals surface area contributed by atoms with Gasteiger partial charge in [-0.15, -0.1) is 5.92 Å². The van der Waals surface area contributed by atoms with Crippen LogP contribution < -0.4 is 0 Å². The minimum Gasteiger partial charge on any atom is -0.507 e. The second-order valence-corrected chi connectivity index (χ2v) is 3.66. The van der Waals surface area contributed by atoms with Crippen LogP contribution in [0.3, 0.4) is 0 Å². The van der Waals surface area contributed by atoms with Crippen molar-refractivity contribution < 1.29 is 10.2 Å². The van der Waals surface area contributed by atoms with E-state index >= 15 is 0 Å². The first-order valence-electron chi connectivity index (χ1n) is 5.02. The average Bonchev–Trinajstić information content (AvgIpc) is 2.28. The van der Waals surface area contributed by atoms with E-state index in [1.165, 1.54) is 0 Å². The van der Waals surface area contributed by atoms with Crippen LogP contribution in [0.15, 0.2) is 24.3 Å². The van der Waals surface area contributed by atoms with Gasteiger partial charge >= 0.3 is 0 Å². The first-order valence-corrected chi connectivity index (χ1v) is 5.02. The van der Waals surface area contributed by atoms with Gasteiger partial charge in [0.2, 0.25) is 0 Å². The predicted octanol–water partition coefficient (Wildman–Crippen LogP) is 2.93. The zero-order valence-electron chi connectivity index (χ0n) is 9.20. The molecular weight excluding hydrogens is 200 g/mol. The monoisotopic (exact) mass is 212 g/mol. The third-order valence-corrected chi connectivity index (χ3v) is 2.61. The number of fused-ring (bicyclic) bond motifs is 1. The molecule has 0 aliphatic heterocycles. The summed E-state index contributed by atoms with van der Waals surface area (Å²) in [6.07, 6.45) is 0. The third-order valence-electron chi connectivity index (χ3n) is 2.61. The number of benzene rings is 2. The molecule has 0 fully saturated rings. The number of rotatable bonds is 0. The Bertz CT molecular complexity index is 616. The molecule has 0 unspecified atom stereocenters. The molecule has 0 heterocycles. The topological polar surface area (TPSA) is 40.5 Å². The van der Waals surface area contributed by atoms with E-state index in [1.807, 2.05) is 6.92 Å². The SMILES string of the molecule is CC#Cc1ccc2c(O)c(C)ccc2c1O. The molecule has 0 aliphatic rings. The average molecular weight is 212 g/mol. The van der Waals surface area contributed by atoms with Gasteiger partial charge in [0.25, 0.3) is 0 Å². The number of aryl methyl sites for hydroxylation is 1. The maximum absolute atomic E-state index is 9.98. The smallest absolute Gasteiger partial charge is 0.139 e. The van der Waals surface area contributed by atoms with E-state index in [0.29, 0.717) is 16.3 Å². The van der Waals surface area contributed by atoms with Crippen LogP contribution in [-0.4, -0.2) is 10.2 Å². The predicted molar refractivity (Wildman–Crippen MR) is 64.6 cm³/mol. The Morgan fingerprint density at radius 1 is 0.938 bits per heavy atom. The number of hydrogen-bond donors (Lipinski definition) is 2. The van der Waals surface area contributed by atoms with E-state index < -0.39 is 0 Å². The molecule has 0 aliphatic carbocycles. The molecule has 2 N–H and O–H groups in total. The van der Waals surface area contributed by atoms with Crippen molar-refractivity contribution in [3.63, 3.8) is 0 Å². The summed E-state index contributed by atoms with van der Waals surface area (Å²) in [6, 6.07) is 7.06. The van der Waals surface area contributed by atoms with Crippen LogP contribution in [0.2, 0.25) is 0 Å². The normalized spacial score (nSPS) is 9.88. The van der Waals surface area contributed by atoms with Gasteiger partial charge in [0.05, 0.1) is 5.56 Å². The van der Waals surface area contributed by atoms with Crippen LogP contribution in [0.4, 0.5) is 0 Å². The van der Waals surface area contributed by atoms with Gasteiger partial charge in [-0.05, 0) is 31.5 Å². The molecule has 2 aromatic carbocycles. The number of phenols is 2. The molecule has 0 amide bonds. The third kappa shape index (κ3) is 1.47. The van der Waals surface area contributed by atoms with Gasteiger partial charge in [-0.3, -0.25) is 0 Å². The second kappa shape index (κ2) is 3.79. The lowest BCUT2D eigenvalue weighted by atomic mass is 10.0. The largest absolute Gasteiger partial charge is 0.507 e. The Labute approximate surface area is 94.2 Å². The summed E-state index contributed by atoms with van der Waals surface area (Å²) in [6.45, 7) is 3.54. The maximum atomic E-state index is 9.98. The zero-order valence-corrected chi connectivity index (χ0v) is 9.20. The second-order valence-electron chi connectivity index (χ2n) is 3.66. The Kier molecular flexibility index (Phi) is 2.46. The fourth-order valence-corrected chi connectivity index (χ4v) is 1.72. The van der Waals surface area contributed by atoms with Crippen LogP contribution >= 0.6 is 0 Å². The highest BCUT2D eigenvalue weighted by atomic mass is 16.3.